The fourth-order valence-corrected chi connectivity index (χ4v) is 3.32. The molecule has 0 bridgehead atoms. The maximum Gasteiger partial charge on any atom is 0.0782 e. The van der Waals surface area contributed by atoms with Crippen molar-refractivity contribution in [1.82, 2.24) is 0 Å². The highest BCUT2D eigenvalue weighted by Crippen LogP contribution is 2.12. The zero-order chi connectivity index (χ0) is 16.5. The molecule has 0 saturated heterocycles. The molecule has 0 atom stereocenters. The first-order chi connectivity index (χ1) is 10.6. The summed E-state index contributed by atoms with van der Waals surface area (Å²) < 4.78 is 1.21. The fraction of sp³-hybridized carbons (Fsp3) is 1.00. The first kappa shape index (κ1) is 22.2. The maximum atomic E-state index is 5.72. The quantitative estimate of drug-likeness (QED) is 0.156. The molecule has 0 aromatic heterocycles. The van der Waals surface area contributed by atoms with E-state index in [0.29, 0.717) is 0 Å². The molecular formula is C20H43ClN+. The van der Waals surface area contributed by atoms with Crippen LogP contribution in [0.1, 0.15) is 96.8 Å². The normalized spacial score (nSPS) is 12.0. The van der Waals surface area contributed by atoms with Gasteiger partial charge in [0.05, 0.1) is 27.2 Å². The Morgan fingerprint density at radius 2 is 0.909 bits per heavy atom. The SMILES string of the molecule is CCCCCCCCCCCC[N+](C)(C)CCCCCCCl. The summed E-state index contributed by atoms with van der Waals surface area (Å²) in [5.41, 5.74) is 0. The molecule has 22 heavy (non-hydrogen) atoms. The highest BCUT2D eigenvalue weighted by atomic mass is 35.5. The van der Waals surface area contributed by atoms with Gasteiger partial charge in [0.15, 0.2) is 0 Å². The zero-order valence-electron chi connectivity index (χ0n) is 15.8. The summed E-state index contributed by atoms with van der Waals surface area (Å²) in [4.78, 5) is 0. The molecule has 0 aliphatic heterocycles. The molecule has 0 saturated carbocycles. The highest BCUT2D eigenvalue weighted by Gasteiger charge is 2.13. The van der Waals surface area contributed by atoms with Gasteiger partial charge in [0.25, 0.3) is 0 Å². The summed E-state index contributed by atoms with van der Waals surface area (Å²) in [6.45, 7) is 4.98. The van der Waals surface area contributed by atoms with Gasteiger partial charge in [0, 0.05) is 5.88 Å². The van der Waals surface area contributed by atoms with Gasteiger partial charge in [-0.3, -0.25) is 0 Å². The minimum atomic E-state index is 0.830. The van der Waals surface area contributed by atoms with E-state index in [1.165, 1.54) is 107 Å². The van der Waals surface area contributed by atoms with Crippen LogP contribution in [0, 0.1) is 0 Å². The fourth-order valence-electron chi connectivity index (χ4n) is 3.13. The predicted molar refractivity (Wildman–Crippen MR) is 103 cm³/mol. The van der Waals surface area contributed by atoms with Crippen LogP contribution in [0.15, 0.2) is 0 Å². The van der Waals surface area contributed by atoms with E-state index in [1.807, 2.05) is 0 Å². The minimum absolute atomic E-state index is 0.830. The lowest BCUT2D eigenvalue weighted by molar-refractivity contribution is -0.890. The molecular weight excluding hydrogens is 290 g/mol. The number of halogens is 1. The van der Waals surface area contributed by atoms with Crippen LogP contribution in [-0.4, -0.2) is 37.5 Å². The zero-order valence-corrected chi connectivity index (χ0v) is 16.6. The van der Waals surface area contributed by atoms with Crippen LogP contribution in [0.2, 0.25) is 0 Å². The lowest BCUT2D eigenvalue weighted by atomic mass is 10.1. The lowest BCUT2D eigenvalue weighted by Gasteiger charge is -2.30. The minimum Gasteiger partial charge on any atom is -0.328 e. The molecule has 0 aliphatic rings. The molecule has 0 aromatic carbocycles. The van der Waals surface area contributed by atoms with E-state index in [-0.39, 0.29) is 0 Å². The molecule has 2 heteroatoms. The molecule has 134 valence electrons. The Morgan fingerprint density at radius 3 is 1.32 bits per heavy atom. The van der Waals surface area contributed by atoms with E-state index in [0.717, 1.165) is 5.88 Å². The second-order valence-corrected chi connectivity index (χ2v) is 8.05. The number of hydrogen-bond donors (Lipinski definition) is 0. The first-order valence-electron chi connectivity index (χ1n) is 10.0. The second kappa shape index (κ2) is 16.1. The van der Waals surface area contributed by atoms with Crippen molar-refractivity contribution in [2.75, 3.05) is 33.1 Å². The summed E-state index contributed by atoms with van der Waals surface area (Å²) >= 11 is 5.72. The Hall–Kier alpha value is 0.250. The van der Waals surface area contributed by atoms with Gasteiger partial charge < -0.3 is 4.48 Å². The monoisotopic (exact) mass is 332 g/mol. The van der Waals surface area contributed by atoms with Crippen molar-refractivity contribution in [2.24, 2.45) is 0 Å². The van der Waals surface area contributed by atoms with E-state index in [2.05, 4.69) is 21.0 Å². The van der Waals surface area contributed by atoms with Crippen LogP contribution >= 0.6 is 11.6 Å². The number of nitrogens with zero attached hydrogens (tertiary/aromatic N) is 1. The smallest absolute Gasteiger partial charge is 0.0782 e. The number of unbranched alkanes of at least 4 members (excludes halogenated alkanes) is 12. The van der Waals surface area contributed by atoms with Gasteiger partial charge in [0.1, 0.15) is 0 Å². The third kappa shape index (κ3) is 16.6. The summed E-state index contributed by atoms with van der Waals surface area (Å²) in [7, 11) is 4.80. The van der Waals surface area contributed by atoms with Crippen LogP contribution in [0.4, 0.5) is 0 Å². The number of alkyl halides is 1. The average Bonchev–Trinajstić information content (AvgIpc) is 2.49. The van der Waals surface area contributed by atoms with Crippen molar-refractivity contribution in [1.29, 1.82) is 0 Å². The first-order valence-corrected chi connectivity index (χ1v) is 10.5. The van der Waals surface area contributed by atoms with E-state index in [4.69, 9.17) is 11.6 Å². The number of hydrogen-bond acceptors (Lipinski definition) is 0. The predicted octanol–water partition coefficient (Wildman–Crippen LogP) is 6.78. The summed E-state index contributed by atoms with van der Waals surface area (Å²) in [5, 5.41) is 0. The van der Waals surface area contributed by atoms with Crippen molar-refractivity contribution in [3.05, 3.63) is 0 Å². The van der Waals surface area contributed by atoms with Gasteiger partial charge in [-0.25, -0.2) is 0 Å². The van der Waals surface area contributed by atoms with Crippen LogP contribution < -0.4 is 0 Å². The van der Waals surface area contributed by atoms with Gasteiger partial charge in [0.2, 0.25) is 0 Å². The van der Waals surface area contributed by atoms with Crippen molar-refractivity contribution in [3.63, 3.8) is 0 Å². The van der Waals surface area contributed by atoms with Crippen LogP contribution in [0.25, 0.3) is 0 Å². The topological polar surface area (TPSA) is 0 Å². The Morgan fingerprint density at radius 1 is 0.545 bits per heavy atom. The number of rotatable bonds is 17. The summed E-state index contributed by atoms with van der Waals surface area (Å²) in [6, 6.07) is 0. The van der Waals surface area contributed by atoms with Gasteiger partial charge in [-0.15, -0.1) is 11.6 Å². The lowest BCUT2D eigenvalue weighted by Crippen LogP contribution is -2.41. The van der Waals surface area contributed by atoms with Gasteiger partial charge in [-0.2, -0.15) is 0 Å². The third-order valence-corrected chi connectivity index (χ3v) is 5.03. The Kier molecular flexibility index (Phi) is 16.3. The molecule has 0 N–H and O–H groups in total. The molecule has 0 aliphatic carbocycles. The van der Waals surface area contributed by atoms with Crippen LogP contribution in [-0.2, 0) is 0 Å². The molecule has 0 fully saturated rings. The van der Waals surface area contributed by atoms with Crippen molar-refractivity contribution >= 4 is 11.6 Å². The molecule has 0 heterocycles. The van der Waals surface area contributed by atoms with E-state index < -0.39 is 0 Å². The van der Waals surface area contributed by atoms with Gasteiger partial charge in [-0.1, -0.05) is 64.7 Å². The molecule has 0 amide bonds. The van der Waals surface area contributed by atoms with E-state index in [1.54, 1.807) is 0 Å². The molecule has 0 spiro atoms. The highest BCUT2D eigenvalue weighted by molar-refractivity contribution is 6.17. The van der Waals surface area contributed by atoms with Crippen molar-refractivity contribution in [3.8, 4) is 0 Å². The van der Waals surface area contributed by atoms with E-state index >= 15 is 0 Å². The van der Waals surface area contributed by atoms with Crippen LogP contribution in [0.5, 0.6) is 0 Å². The molecule has 0 rings (SSSR count). The molecule has 0 aromatic rings. The average molecular weight is 333 g/mol. The van der Waals surface area contributed by atoms with Gasteiger partial charge in [-0.05, 0) is 32.1 Å². The second-order valence-electron chi connectivity index (χ2n) is 7.67. The Labute approximate surface area is 146 Å². The number of quaternary nitrogens is 1. The third-order valence-electron chi connectivity index (χ3n) is 4.76. The Balaban J connectivity index is 3.30. The standard InChI is InChI=1S/C20H43ClN/c1-4-5-6-7-8-9-10-11-13-16-19-22(2,3)20-17-14-12-15-18-21/h4-20H2,1-3H3/q+1. The largest absolute Gasteiger partial charge is 0.328 e. The van der Waals surface area contributed by atoms with Crippen LogP contribution in [0.3, 0.4) is 0 Å². The van der Waals surface area contributed by atoms with E-state index in [9.17, 15) is 0 Å². The molecule has 0 radical (unpaired) electrons. The molecule has 0 unspecified atom stereocenters. The molecule has 1 nitrogen and oxygen atoms in total. The van der Waals surface area contributed by atoms with Crippen molar-refractivity contribution in [2.45, 2.75) is 96.8 Å². The van der Waals surface area contributed by atoms with Crippen molar-refractivity contribution < 1.29 is 4.48 Å². The summed E-state index contributed by atoms with van der Waals surface area (Å²) in [6.07, 6.45) is 19.6. The Bertz CT molecular complexity index is 216. The van der Waals surface area contributed by atoms with Gasteiger partial charge >= 0.3 is 0 Å². The maximum absolute atomic E-state index is 5.72. The summed E-state index contributed by atoms with van der Waals surface area (Å²) in [5.74, 6) is 0.830.